The number of anilines is 1. The van der Waals surface area contributed by atoms with Crippen molar-refractivity contribution in [2.24, 2.45) is 0 Å². The average molecular weight is 234 g/mol. The second kappa shape index (κ2) is 8.10. The van der Waals surface area contributed by atoms with Crippen LogP contribution in [0.25, 0.3) is 0 Å². The van der Waals surface area contributed by atoms with Crippen LogP contribution in [-0.4, -0.2) is 4.98 Å². The molecule has 0 spiro atoms. The monoisotopic (exact) mass is 234 g/mol. The van der Waals surface area contributed by atoms with Crippen LogP contribution in [0.4, 0.5) is 5.82 Å². The second-order valence-corrected chi connectivity index (χ2v) is 4.80. The molecule has 96 valence electrons. The lowest BCUT2D eigenvalue weighted by atomic mass is 10.0. The molecular weight excluding hydrogens is 208 g/mol. The van der Waals surface area contributed by atoms with Crippen molar-refractivity contribution in [1.82, 2.24) is 4.98 Å². The number of unbranched alkanes of at least 4 members (excludes halogenated alkanes) is 4. The van der Waals surface area contributed by atoms with E-state index in [-0.39, 0.29) is 0 Å². The molecule has 2 nitrogen and oxygen atoms in total. The highest BCUT2D eigenvalue weighted by molar-refractivity contribution is 5.41. The average Bonchev–Trinajstić information content (AvgIpc) is 2.33. The first-order valence-corrected chi connectivity index (χ1v) is 7.01. The highest BCUT2D eigenvalue weighted by Gasteiger charge is 2.02. The number of aryl methyl sites for hydroxylation is 2. The van der Waals surface area contributed by atoms with Gasteiger partial charge < -0.3 is 5.73 Å². The van der Waals surface area contributed by atoms with Gasteiger partial charge in [0.25, 0.3) is 0 Å². The van der Waals surface area contributed by atoms with Gasteiger partial charge in [-0.05, 0) is 36.8 Å². The van der Waals surface area contributed by atoms with E-state index >= 15 is 0 Å². The van der Waals surface area contributed by atoms with Gasteiger partial charge in [-0.25, -0.2) is 4.98 Å². The minimum Gasteiger partial charge on any atom is -0.383 e. The first-order valence-electron chi connectivity index (χ1n) is 7.01. The van der Waals surface area contributed by atoms with E-state index in [1.54, 1.807) is 0 Å². The molecule has 0 unspecified atom stereocenters. The molecule has 1 heterocycles. The van der Waals surface area contributed by atoms with Crippen LogP contribution in [0.5, 0.6) is 0 Å². The van der Waals surface area contributed by atoms with E-state index in [9.17, 15) is 0 Å². The maximum absolute atomic E-state index is 5.92. The first kappa shape index (κ1) is 14.0. The zero-order chi connectivity index (χ0) is 12.5. The van der Waals surface area contributed by atoms with Gasteiger partial charge in [0, 0.05) is 6.20 Å². The molecular formula is C15H26N2. The summed E-state index contributed by atoms with van der Waals surface area (Å²) < 4.78 is 0. The lowest BCUT2D eigenvalue weighted by Crippen LogP contribution is -2.00. The Hall–Kier alpha value is -1.05. The smallest absolute Gasteiger partial charge is 0.126 e. The molecule has 1 rings (SSSR count). The van der Waals surface area contributed by atoms with Crippen molar-refractivity contribution >= 4 is 5.82 Å². The molecule has 0 fully saturated rings. The van der Waals surface area contributed by atoms with Crippen molar-refractivity contribution in [2.45, 2.75) is 65.2 Å². The van der Waals surface area contributed by atoms with Crippen LogP contribution in [0.1, 0.15) is 63.5 Å². The summed E-state index contributed by atoms with van der Waals surface area (Å²) in [6.45, 7) is 4.46. The van der Waals surface area contributed by atoms with Crippen LogP contribution in [0.3, 0.4) is 0 Å². The van der Waals surface area contributed by atoms with Crippen molar-refractivity contribution in [1.29, 1.82) is 0 Å². The number of hydrogen-bond donors (Lipinski definition) is 1. The standard InChI is InChI=1S/C15H26N2/c1-3-5-7-9-13-11-14(10-8-6-4-2)15(16)17-12-13/h11-12H,3-10H2,1-2H3,(H2,16,17). The van der Waals surface area contributed by atoms with Gasteiger partial charge >= 0.3 is 0 Å². The molecule has 0 atom stereocenters. The first-order chi connectivity index (χ1) is 8.27. The fraction of sp³-hybridized carbons (Fsp3) is 0.667. The summed E-state index contributed by atoms with van der Waals surface area (Å²) in [4.78, 5) is 4.31. The predicted molar refractivity (Wildman–Crippen MR) is 75.1 cm³/mol. The molecule has 0 aliphatic heterocycles. The van der Waals surface area contributed by atoms with Crippen molar-refractivity contribution in [3.63, 3.8) is 0 Å². The van der Waals surface area contributed by atoms with Crippen LogP contribution < -0.4 is 5.73 Å². The summed E-state index contributed by atoms with van der Waals surface area (Å²) in [5, 5.41) is 0. The maximum atomic E-state index is 5.92. The number of nitrogens with zero attached hydrogens (tertiary/aromatic N) is 1. The minimum atomic E-state index is 0.723. The van der Waals surface area contributed by atoms with Crippen LogP contribution in [-0.2, 0) is 12.8 Å². The Morgan fingerprint density at radius 1 is 1.00 bits per heavy atom. The normalized spacial score (nSPS) is 10.7. The molecule has 0 amide bonds. The van der Waals surface area contributed by atoms with Crippen molar-refractivity contribution < 1.29 is 0 Å². The van der Waals surface area contributed by atoms with Gasteiger partial charge in [-0.2, -0.15) is 0 Å². The molecule has 0 saturated heterocycles. The van der Waals surface area contributed by atoms with Gasteiger partial charge in [-0.15, -0.1) is 0 Å². The Bertz CT molecular complexity index is 321. The Morgan fingerprint density at radius 3 is 2.29 bits per heavy atom. The molecule has 1 aromatic rings. The fourth-order valence-corrected chi connectivity index (χ4v) is 2.05. The van der Waals surface area contributed by atoms with Gasteiger partial charge in [0.15, 0.2) is 0 Å². The Morgan fingerprint density at radius 2 is 1.65 bits per heavy atom. The van der Waals surface area contributed by atoms with E-state index in [1.165, 1.54) is 49.7 Å². The number of rotatable bonds is 8. The Labute approximate surface area is 106 Å². The third kappa shape index (κ3) is 5.20. The van der Waals surface area contributed by atoms with E-state index in [1.807, 2.05) is 6.20 Å². The molecule has 0 aliphatic carbocycles. The third-order valence-electron chi connectivity index (χ3n) is 3.18. The number of aromatic nitrogens is 1. The van der Waals surface area contributed by atoms with Crippen molar-refractivity contribution in [2.75, 3.05) is 5.73 Å². The van der Waals surface area contributed by atoms with E-state index in [0.717, 1.165) is 18.7 Å². The van der Waals surface area contributed by atoms with Crippen molar-refractivity contribution in [3.05, 3.63) is 23.4 Å². The van der Waals surface area contributed by atoms with E-state index in [2.05, 4.69) is 24.9 Å². The number of hydrogen-bond acceptors (Lipinski definition) is 2. The minimum absolute atomic E-state index is 0.723. The molecule has 0 saturated carbocycles. The quantitative estimate of drug-likeness (QED) is 0.687. The fourth-order valence-electron chi connectivity index (χ4n) is 2.05. The molecule has 1 aromatic heterocycles. The summed E-state index contributed by atoms with van der Waals surface area (Å²) in [6, 6.07) is 2.26. The van der Waals surface area contributed by atoms with Crippen molar-refractivity contribution in [3.8, 4) is 0 Å². The SMILES string of the molecule is CCCCCc1cnc(N)c(CCCCC)c1. The van der Waals surface area contributed by atoms with Crippen LogP contribution in [0, 0.1) is 0 Å². The van der Waals surface area contributed by atoms with Gasteiger partial charge in [0.2, 0.25) is 0 Å². The lowest BCUT2D eigenvalue weighted by Gasteiger charge is -2.07. The van der Waals surface area contributed by atoms with Gasteiger partial charge in [0.1, 0.15) is 5.82 Å². The number of pyridine rings is 1. The number of nitrogens with two attached hydrogens (primary N) is 1. The zero-order valence-corrected chi connectivity index (χ0v) is 11.3. The van der Waals surface area contributed by atoms with E-state index < -0.39 is 0 Å². The van der Waals surface area contributed by atoms with E-state index in [0.29, 0.717) is 0 Å². The van der Waals surface area contributed by atoms with Gasteiger partial charge in [-0.1, -0.05) is 45.6 Å². The summed E-state index contributed by atoms with van der Waals surface area (Å²) >= 11 is 0. The molecule has 0 radical (unpaired) electrons. The molecule has 0 aliphatic rings. The summed E-state index contributed by atoms with van der Waals surface area (Å²) in [7, 11) is 0. The predicted octanol–water partition coefficient (Wildman–Crippen LogP) is 4.13. The topological polar surface area (TPSA) is 38.9 Å². The molecule has 2 heteroatoms. The maximum Gasteiger partial charge on any atom is 0.126 e. The molecule has 17 heavy (non-hydrogen) atoms. The lowest BCUT2D eigenvalue weighted by molar-refractivity contribution is 0.707. The van der Waals surface area contributed by atoms with Gasteiger partial charge in [0.05, 0.1) is 0 Å². The Balaban J connectivity index is 2.53. The third-order valence-corrected chi connectivity index (χ3v) is 3.18. The van der Waals surface area contributed by atoms with Crippen LogP contribution in [0.15, 0.2) is 12.3 Å². The Kier molecular flexibility index (Phi) is 6.68. The van der Waals surface area contributed by atoms with E-state index in [4.69, 9.17) is 5.73 Å². The zero-order valence-electron chi connectivity index (χ0n) is 11.3. The van der Waals surface area contributed by atoms with Crippen LogP contribution in [0.2, 0.25) is 0 Å². The summed E-state index contributed by atoms with van der Waals surface area (Å²) in [5.74, 6) is 0.723. The summed E-state index contributed by atoms with van der Waals surface area (Å²) in [5.41, 5.74) is 8.50. The molecule has 0 bridgehead atoms. The summed E-state index contributed by atoms with van der Waals surface area (Å²) in [6.07, 6.45) is 11.7. The second-order valence-electron chi connectivity index (χ2n) is 4.80. The highest BCUT2D eigenvalue weighted by atomic mass is 14.8. The van der Waals surface area contributed by atoms with Crippen LogP contribution >= 0.6 is 0 Å². The largest absolute Gasteiger partial charge is 0.383 e. The molecule has 2 N–H and O–H groups in total. The highest BCUT2D eigenvalue weighted by Crippen LogP contribution is 2.16. The number of nitrogen functional groups attached to an aromatic ring is 1. The van der Waals surface area contributed by atoms with Gasteiger partial charge in [-0.3, -0.25) is 0 Å². The molecule has 0 aromatic carbocycles.